The molecule has 2 unspecified atom stereocenters. The van der Waals surface area contributed by atoms with E-state index in [0.29, 0.717) is 22.9 Å². The molecule has 0 bridgehead atoms. The standard InChI is InChI=1S/C14H21ClN2O/c1-4-18-12-8-11(14(12,2)3)17-13-9(15)6-5-7-10(13)16/h5-7,11-12,17H,4,8,16H2,1-3H3. The van der Waals surface area contributed by atoms with Crippen molar-refractivity contribution >= 4 is 23.0 Å². The highest BCUT2D eigenvalue weighted by Gasteiger charge is 2.49. The summed E-state index contributed by atoms with van der Waals surface area (Å²) in [7, 11) is 0. The lowest BCUT2D eigenvalue weighted by Crippen LogP contribution is -2.58. The van der Waals surface area contributed by atoms with Crippen LogP contribution in [0, 0.1) is 5.41 Å². The zero-order chi connectivity index (χ0) is 13.3. The number of rotatable bonds is 4. The van der Waals surface area contributed by atoms with Crippen molar-refractivity contribution in [3.05, 3.63) is 23.2 Å². The van der Waals surface area contributed by atoms with Crippen molar-refractivity contribution in [2.24, 2.45) is 5.41 Å². The Morgan fingerprint density at radius 2 is 2.22 bits per heavy atom. The quantitative estimate of drug-likeness (QED) is 0.821. The number of nitrogens with one attached hydrogen (secondary N) is 1. The van der Waals surface area contributed by atoms with Crippen molar-refractivity contribution < 1.29 is 4.74 Å². The smallest absolute Gasteiger partial charge is 0.0765 e. The molecule has 1 aliphatic rings. The van der Waals surface area contributed by atoms with Gasteiger partial charge in [0, 0.05) is 18.1 Å². The van der Waals surface area contributed by atoms with Crippen LogP contribution in [0.1, 0.15) is 27.2 Å². The Balaban J connectivity index is 2.08. The Kier molecular flexibility index (Phi) is 3.74. The molecule has 1 aliphatic carbocycles. The molecule has 1 fully saturated rings. The molecule has 3 nitrogen and oxygen atoms in total. The Morgan fingerprint density at radius 1 is 1.50 bits per heavy atom. The summed E-state index contributed by atoms with van der Waals surface area (Å²) in [6, 6.07) is 5.92. The fourth-order valence-electron chi connectivity index (χ4n) is 2.48. The zero-order valence-corrected chi connectivity index (χ0v) is 11.9. The maximum Gasteiger partial charge on any atom is 0.0765 e. The summed E-state index contributed by atoms with van der Waals surface area (Å²) in [5.74, 6) is 0. The molecule has 3 N–H and O–H groups in total. The van der Waals surface area contributed by atoms with Crippen LogP contribution in [-0.4, -0.2) is 18.8 Å². The van der Waals surface area contributed by atoms with E-state index in [1.54, 1.807) is 0 Å². The van der Waals surface area contributed by atoms with Crippen LogP contribution < -0.4 is 11.1 Å². The van der Waals surface area contributed by atoms with Gasteiger partial charge in [-0.05, 0) is 25.5 Å². The summed E-state index contributed by atoms with van der Waals surface area (Å²) < 4.78 is 5.72. The number of hydrogen-bond acceptors (Lipinski definition) is 3. The Bertz CT molecular complexity index is 414. The molecule has 0 amide bonds. The molecule has 2 atom stereocenters. The molecule has 1 aromatic rings. The number of hydrogen-bond donors (Lipinski definition) is 2. The number of nitrogen functional groups attached to an aromatic ring is 1. The van der Waals surface area contributed by atoms with Crippen LogP contribution in [0.5, 0.6) is 0 Å². The van der Waals surface area contributed by atoms with Crippen LogP contribution in [0.2, 0.25) is 5.02 Å². The maximum absolute atomic E-state index is 6.17. The van der Waals surface area contributed by atoms with E-state index in [4.69, 9.17) is 22.1 Å². The predicted molar refractivity (Wildman–Crippen MR) is 77.1 cm³/mol. The zero-order valence-electron chi connectivity index (χ0n) is 11.2. The largest absolute Gasteiger partial charge is 0.397 e. The second kappa shape index (κ2) is 4.98. The minimum absolute atomic E-state index is 0.0988. The second-order valence-electron chi connectivity index (χ2n) is 5.40. The van der Waals surface area contributed by atoms with E-state index in [9.17, 15) is 0 Å². The van der Waals surface area contributed by atoms with Crippen molar-refractivity contribution in [1.82, 2.24) is 0 Å². The molecule has 0 aliphatic heterocycles. The van der Waals surface area contributed by atoms with Crippen LogP contribution in [-0.2, 0) is 4.74 Å². The third kappa shape index (κ3) is 2.29. The second-order valence-corrected chi connectivity index (χ2v) is 5.81. The third-order valence-corrected chi connectivity index (χ3v) is 4.22. The fraction of sp³-hybridized carbons (Fsp3) is 0.571. The van der Waals surface area contributed by atoms with Crippen LogP contribution >= 0.6 is 11.6 Å². The predicted octanol–water partition coefficient (Wildman–Crippen LogP) is 3.54. The van der Waals surface area contributed by atoms with E-state index < -0.39 is 0 Å². The Morgan fingerprint density at radius 3 is 2.78 bits per heavy atom. The summed E-state index contributed by atoms with van der Waals surface area (Å²) in [5, 5.41) is 4.13. The average Bonchev–Trinajstić information content (AvgIpc) is 2.31. The van der Waals surface area contributed by atoms with Gasteiger partial charge in [-0.3, -0.25) is 0 Å². The van der Waals surface area contributed by atoms with Crippen LogP contribution in [0.3, 0.4) is 0 Å². The van der Waals surface area contributed by atoms with Crippen molar-refractivity contribution in [3.8, 4) is 0 Å². The van der Waals surface area contributed by atoms with Gasteiger partial charge in [-0.1, -0.05) is 31.5 Å². The molecule has 0 heterocycles. The molecule has 0 saturated heterocycles. The van der Waals surface area contributed by atoms with E-state index >= 15 is 0 Å². The highest BCUT2D eigenvalue weighted by Crippen LogP contribution is 2.45. The minimum Gasteiger partial charge on any atom is -0.397 e. The molecule has 0 spiro atoms. The van der Waals surface area contributed by atoms with Gasteiger partial charge in [-0.15, -0.1) is 0 Å². The molecule has 1 saturated carbocycles. The lowest BCUT2D eigenvalue weighted by atomic mass is 9.64. The molecule has 1 aromatic carbocycles. The number of para-hydroxylation sites is 1. The lowest BCUT2D eigenvalue weighted by Gasteiger charge is -2.52. The molecule has 2 rings (SSSR count). The van der Waals surface area contributed by atoms with Crippen LogP contribution in [0.4, 0.5) is 11.4 Å². The molecular formula is C14H21ClN2O. The molecule has 0 radical (unpaired) electrons. The fourth-order valence-corrected chi connectivity index (χ4v) is 2.72. The van der Waals surface area contributed by atoms with Gasteiger partial charge in [-0.25, -0.2) is 0 Å². The van der Waals surface area contributed by atoms with Gasteiger partial charge in [0.15, 0.2) is 0 Å². The number of nitrogens with two attached hydrogens (primary N) is 1. The first-order chi connectivity index (χ1) is 8.46. The molecule has 100 valence electrons. The minimum atomic E-state index is 0.0988. The first-order valence-electron chi connectivity index (χ1n) is 6.39. The summed E-state index contributed by atoms with van der Waals surface area (Å²) >= 11 is 6.17. The van der Waals surface area contributed by atoms with Crippen LogP contribution in [0.25, 0.3) is 0 Å². The van der Waals surface area contributed by atoms with Crippen molar-refractivity contribution in [2.75, 3.05) is 17.7 Å². The van der Waals surface area contributed by atoms with E-state index in [1.165, 1.54) is 0 Å². The highest BCUT2D eigenvalue weighted by atomic mass is 35.5. The van der Waals surface area contributed by atoms with E-state index in [-0.39, 0.29) is 5.41 Å². The normalized spacial score (nSPS) is 25.6. The lowest BCUT2D eigenvalue weighted by molar-refractivity contribution is -0.0975. The molecular weight excluding hydrogens is 248 g/mol. The van der Waals surface area contributed by atoms with Crippen molar-refractivity contribution in [1.29, 1.82) is 0 Å². The summed E-state index contributed by atoms with van der Waals surface area (Å²) in [6.45, 7) is 7.21. The van der Waals surface area contributed by atoms with Gasteiger partial charge in [0.25, 0.3) is 0 Å². The molecule has 0 aromatic heterocycles. The number of ether oxygens (including phenoxy) is 1. The van der Waals surface area contributed by atoms with Gasteiger partial charge in [0.1, 0.15) is 0 Å². The first kappa shape index (κ1) is 13.5. The first-order valence-corrected chi connectivity index (χ1v) is 6.76. The van der Waals surface area contributed by atoms with E-state index in [1.807, 2.05) is 25.1 Å². The van der Waals surface area contributed by atoms with Gasteiger partial charge in [-0.2, -0.15) is 0 Å². The Hall–Kier alpha value is -0.930. The van der Waals surface area contributed by atoms with Gasteiger partial charge >= 0.3 is 0 Å². The summed E-state index contributed by atoms with van der Waals surface area (Å²) in [5.41, 5.74) is 7.58. The number of benzene rings is 1. The third-order valence-electron chi connectivity index (χ3n) is 3.91. The monoisotopic (exact) mass is 268 g/mol. The van der Waals surface area contributed by atoms with E-state index in [0.717, 1.165) is 18.7 Å². The number of halogens is 1. The van der Waals surface area contributed by atoms with Crippen molar-refractivity contribution in [2.45, 2.75) is 39.3 Å². The summed E-state index contributed by atoms with van der Waals surface area (Å²) in [4.78, 5) is 0. The van der Waals surface area contributed by atoms with Gasteiger partial charge in [0.2, 0.25) is 0 Å². The number of anilines is 2. The van der Waals surface area contributed by atoms with Gasteiger partial charge < -0.3 is 15.8 Å². The SMILES string of the molecule is CCOC1CC(Nc2c(N)cccc2Cl)C1(C)C. The summed E-state index contributed by atoms with van der Waals surface area (Å²) in [6.07, 6.45) is 1.30. The Labute approximate surface area is 114 Å². The maximum atomic E-state index is 6.17. The molecule has 18 heavy (non-hydrogen) atoms. The van der Waals surface area contributed by atoms with Gasteiger partial charge in [0.05, 0.1) is 22.5 Å². The highest BCUT2D eigenvalue weighted by molar-refractivity contribution is 6.33. The topological polar surface area (TPSA) is 47.3 Å². The van der Waals surface area contributed by atoms with Crippen molar-refractivity contribution in [3.63, 3.8) is 0 Å². The molecule has 4 heteroatoms. The van der Waals surface area contributed by atoms with E-state index in [2.05, 4.69) is 19.2 Å². The van der Waals surface area contributed by atoms with Crippen LogP contribution in [0.15, 0.2) is 18.2 Å². The average molecular weight is 269 g/mol.